The van der Waals surface area contributed by atoms with Gasteiger partial charge < -0.3 is 15.4 Å². The highest BCUT2D eigenvalue weighted by molar-refractivity contribution is 7.20. The van der Waals surface area contributed by atoms with E-state index in [9.17, 15) is 9.18 Å². The Labute approximate surface area is 181 Å². The third kappa shape index (κ3) is 4.06. The number of rotatable bonds is 5. The molecule has 5 rings (SSSR count). The smallest absolute Gasteiger partial charge is 0.267 e. The van der Waals surface area contributed by atoms with E-state index in [0.717, 1.165) is 47.3 Å². The number of benzene rings is 1. The van der Waals surface area contributed by atoms with Crippen molar-refractivity contribution in [1.29, 1.82) is 0 Å². The van der Waals surface area contributed by atoms with Crippen LogP contribution in [0.3, 0.4) is 0 Å². The van der Waals surface area contributed by atoms with Crippen molar-refractivity contribution in [2.24, 2.45) is 5.73 Å². The van der Waals surface area contributed by atoms with Crippen LogP contribution in [0, 0.1) is 5.82 Å². The third-order valence-corrected chi connectivity index (χ3v) is 6.15. The molecule has 0 atom stereocenters. The highest BCUT2D eigenvalue weighted by atomic mass is 32.1. The molecule has 8 nitrogen and oxygen atoms in total. The summed E-state index contributed by atoms with van der Waals surface area (Å²) in [4.78, 5) is 22.9. The number of imidazole rings is 1. The van der Waals surface area contributed by atoms with Crippen molar-refractivity contribution >= 4 is 27.3 Å². The number of hydrogen-bond donors (Lipinski definition) is 1. The Morgan fingerprint density at radius 3 is 2.68 bits per heavy atom. The largest absolute Gasteiger partial charge is 0.490 e. The van der Waals surface area contributed by atoms with E-state index >= 15 is 0 Å². The number of carbonyl (C=O) groups is 1. The van der Waals surface area contributed by atoms with Gasteiger partial charge in [0.05, 0.1) is 11.9 Å². The van der Waals surface area contributed by atoms with Crippen molar-refractivity contribution in [3.05, 3.63) is 60.3 Å². The van der Waals surface area contributed by atoms with E-state index in [-0.39, 0.29) is 17.6 Å². The number of halogens is 1. The molecule has 1 saturated heterocycles. The number of aromatic nitrogens is 4. The van der Waals surface area contributed by atoms with Crippen LogP contribution in [0.15, 0.2) is 48.8 Å². The lowest BCUT2D eigenvalue weighted by molar-refractivity contribution is 0.0994. The Hall–Kier alpha value is -3.53. The van der Waals surface area contributed by atoms with Gasteiger partial charge in [0.1, 0.15) is 23.4 Å². The highest BCUT2D eigenvalue weighted by Crippen LogP contribution is 2.29. The van der Waals surface area contributed by atoms with Gasteiger partial charge in [-0.2, -0.15) is 0 Å². The lowest BCUT2D eigenvalue weighted by Gasteiger charge is -2.31. The Bertz CT molecular complexity index is 1200. The van der Waals surface area contributed by atoms with Crippen LogP contribution in [0.1, 0.15) is 23.3 Å². The number of fused-ring (bicyclic) bond motifs is 1. The summed E-state index contributed by atoms with van der Waals surface area (Å²) in [5.74, 6) is -0.241. The van der Waals surface area contributed by atoms with Crippen LogP contribution in [-0.2, 0) is 0 Å². The molecule has 31 heavy (non-hydrogen) atoms. The fourth-order valence-corrected chi connectivity index (χ4v) is 4.49. The maximum absolute atomic E-state index is 13.1. The van der Waals surface area contributed by atoms with E-state index < -0.39 is 5.91 Å². The zero-order valence-electron chi connectivity index (χ0n) is 16.4. The first-order valence-electron chi connectivity index (χ1n) is 9.85. The average Bonchev–Trinajstić information content (AvgIpc) is 3.34. The molecule has 10 heteroatoms. The van der Waals surface area contributed by atoms with Crippen LogP contribution in [0.2, 0.25) is 0 Å². The Morgan fingerprint density at radius 2 is 1.97 bits per heavy atom. The van der Waals surface area contributed by atoms with Crippen LogP contribution in [-0.4, -0.2) is 44.7 Å². The van der Waals surface area contributed by atoms with Gasteiger partial charge in [0.2, 0.25) is 10.1 Å². The van der Waals surface area contributed by atoms with Crippen molar-refractivity contribution < 1.29 is 13.9 Å². The van der Waals surface area contributed by atoms with Gasteiger partial charge in [-0.3, -0.25) is 9.78 Å². The second kappa shape index (κ2) is 7.95. The molecular weight excluding hydrogens is 419 g/mol. The fraction of sp³-hybridized carbons (Fsp3) is 0.238. The van der Waals surface area contributed by atoms with E-state index in [1.165, 1.54) is 29.7 Å². The molecule has 1 aliphatic rings. The van der Waals surface area contributed by atoms with Crippen molar-refractivity contribution in [3.8, 4) is 17.0 Å². The number of piperidine rings is 1. The topological polar surface area (TPSA) is 98.6 Å². The molecule has 4 heterocycles. The summed E-state index contributed by atoms with van der Waals surface area (Å²) in [6.07, 6.45) is 5.09. The maximum atomic E-state index is 13.1. The normalized spacial score (nSPS) is 14.8. The SMILES string of the molecule is NC(=O)c1cc(OC2CCN(c3nn4cc(-c5ccc(F)cc5)nc4s3)CC2)ccn1. The molecule has 0 saturated carbocycles. The molecule has 1 amide bonds. The van der Waals surface area contributed by atoms with Crippen LogP contribution < -0.4 is 15.4 Å². The maximum Gasteiger partial charge on any atom is 0.267 e. The summed E-state index contributed by atoms with van der Waals surface area (Å²) in [7, 11) is 0. The van der Waals surface area contributed by atoms with E-state index in [2.05, 4.69) is 20.0 Å². The first kappa shape index (κ1) is 19.4. The van der Waals surface area contributed by atoms with E-state index in [1.54, 1.807) is 28.8 Å². The molecule has 0 bridgehead atoms. The number of carbonyl (C=O) groups excluding carboxylic acids is 1. The lowest BCUT2D eigenvalue weighted by Crippen LogP contribution is -2.38. The minimum atomic E-state index is -0.573. The zero-order chi connectivity index (χ0) is 21.4. The first-order chi connectivity index (χ1) is 15.0. The number of hydrogen-bond acceptors (Lipinski definition) is 7. The molecule has 158 valence electrons. The van der Waals surface area contributed by atoms with Crippen molar-refractivity contribution in [3.63, 3.8) is 0 Å². The second-order valence-electron chi connectivity index (χ2n) is 7.29. The van der Waals surface area contributed by atoms with E-state index in [0.29, 0.717) is 5.75 Å². The summed E-state index contributed by atoms with van der Waals surface area (Å²) in [6, 6.07) is 9.57. The minimum Gasteiger partial charge on any atom is -0.490 e. The number of amides is 1. The third-order valence-electron chi connectivity index (χ3n) is 5.17. The molecule has 2 N–H and O–H groups in total. The minimum absolute atomic E-state index is 0.0495. The lowest BCUT2D eigenvalue weighted by atomic mass is 10.1. The number of pyridine rings is 1. The molecule has 0 aliphatic carbocycles. The fourth-order valence-electron chi connectivity index (χ4n) is 3.55. The van der Waals surface area contributed by atoms with Crippen molar-refractivity contribution in [2.45, 2.75) is 18.9 Å². The highest BCUT2D eigenvalue weighted by Gasteiger charge is 2.24. The summed E-state index contributed by atoms with van der Waals surface area (Å²) in [6.45, 7) is 1.61. The van der Waals surface area contributed by atoms with Crippen molar-refractivity contribution in [2.75, 3.05) is 18.0 Å². The van der Waals surface area contributed by atoms with Gasteiger partial charge in [0.25, 0.3) is 5.91 Å². The summed E-state index contributed by atoms with van der Waals surface area (Å²) in [5, 5.41) is 5.57. The molecule has 0 radical (unpaired) electrons. The number of nitrogens with zero attached hydrogens (tertiary/aromatic N) is 5. The van der Waals surface area contributed by atoms with Gasteiger partial charge in [-0.15, -0.1) is 5.10 Å². The molecule has 1 aliphatic heterocycles. The van der Waals surface area contributed by atoms with E-state index in [4.69, 9.17) is 10.5 Å². The number of primary amides is 1. The second-order valence-corrected chi connectivity index (χ2v) is 8.22. The number of anilines is 1. The first-order valence-corrected chi connectivity index (χ1v) is 10.7. The van der Waals surface area contributed by atoms with Crippen LogP contribution in [0.5, 0.6) is 5.75 Å². The van der Waals surface area contributed by atoms with Gasteiger partial charge in [-0.25, -0.2) is 13.9 Å². The van der Waals surface area contributed by atoms with Crippen LogP contribution in [0.4, 0.5) is 9.52 Å². The summed E-state index contributed by atoms with van der Waals surface area (Å²) in [5.41, 5.74) is 7.10. The van der Waals surface area contributed by atoms with Crippen molar-refractivity contribution in [1.82, 2.24) is 19.6 Å². The van der Waals surface area contributed by atoms with Crippen LogP contribution >= 0.6 is 11.3 Å². The molecule has 0 spiro atoms. The monoisotopic (exact) mass is 438 g/mol. The number of ether oxygens (including phenoxy) is 1. The van der Waals surface area contributed by atoms with Gasteiger partial charge in [0.15, 0.2) is 0 Å². The molecule has 4 aromatic rings. The predicted octanol–water partition coefficient (Wildman–Crippen LogP) is 3.14. The zero-order valence-corrected chi connectivity index (χ0v) is 17.3. The Balaban J connectivity index is 1.23. The number of nitrogens with two attached hydrogens (primary N) is 1. The average molecular weight is 438 g/mol. The molecule has 1 aromatic carbocycles. The van der Waals surface area contributed by atoms with Gasteiger partial charge >= 0.3 is 0 Å². The molecular formula is C21H19FN6O2S. The molecule has 0 unspecified atom stereocenters. The molecule has 1 fully saturated rings. The van der Waals surface area contributed by atoms with E-state index in [1.807, 2.05) is 6.20 Å². The summed E-state index contributed by atoms with van der Waals surface area (Å²) >= 11 is 1.52. The Kier molecular flexibility index (Phi) is 4.99. The van der Waals surface area contributed by atoms with Gasteiger partial charge in [-0.1, -0.05) is 11.3 Å². The molecule has 3 aromatic heterocycles. The quantitative estimate of drug-likeness (QED) is 0.514. The summed E-state index contributed by atoms with van der Waals surface area (Å²) < 4.78 is 20.9. The van der Waals surface area contributed by atoms with Gasteiger partial charge in [-0.05, 0) is 30.3 Å². The standard InChI is InChI=1S/C21H19FN6O2S/c22-14-3-1-13(2-4-14)18-12-28-20(25-18)31-21(26-28)27-9-6-15(7-10-27)30-16-5-8-24-17(11-16)19(23)29/h1-5,8,11-12,15H,6-7,9-10H2,(H2,23,29). The predicted molar refractivity (Wildman–Crippen MR) is 115 cm³/mol. The van der Waals surface area contributed by atoms with Crippen LogP contribution in [0.25, 0.3) is 16.2 Å². The Morgan fingerprint density at radius 1 is 1.19 bits per heavy atom. The van der Waals surface area contributed by atoms with Gasteiger partial charge in [0, 0.05) is 43.8 Å².